The third-order valence-electron chi connectivity index (χ3n) is 5.33. The summed E-state index contributed by atoms with van der Waals surface area (Å²) in [7, 11) is -3.05. The van der Waals surface area contributed by atoms with Gasteiger partial charge in [-0.25, -0.2) is 18.4 Å². The van der Waals surface area contributed by atoms with E-state index in [4.69, 9.17) is 0 Å². The molecule has 0 radical (unpaired) electrons. The first-order valence-corrected chi connectivity index (χ1v) is 13.4. The SMILES string of the molecule is CCN(C(=O)C(C)Sc1ncnc2scc(-c3ccccc3)c12)C1CCS(=O)(=O)C1. The summed E-state index contributed by atoms with van der Waals surface area (Å²) in [5, 5.41) is 3.43. The van der Waals surface area contributed by atoms with E-state index in [1.165, 1.54) is 18.1 Å². The summed E-state index contributed by atoms with van der Waals surface area (Å²) < 4.78 is 23.7. The number of thioether (sulfide) groups is 1. The molecule has 4 rings (SSSR count). The molecule has 158 valence electrons. The highest BCUT2D eigenvalue weighted by Gasteiger charge is 2.35. The number of sulfone groups is 1. The number of amides is 1. The van der Waals surface area contributed by atoms with Crippen molar-refractivity contribution in [1.82, 2.24) is 14.9 Å². The molecule has 1 amide bonds. The molecule has 2 aromatic heterocycles. The molecule has 1 aliphatic rings. The van der Waals surface area contributed by atoms with Crippen LogP contribution >= 0.6 is 23.1 Å². The highest BCUT2D eigenvalue weighted by atomic mass is 32.2. The number of fused-ring (bicyclic) bond motifs is 1. The Morgan fingerprint density at radius 3 is 2.73 bits per heavy atom. The number of carbonyl (C=O) groups excluding carboxylic acids is 1. The van der Waals surface area contributed by atoms with Gasteiger partial charge in [0, 0.05) is 23.5 Å². The van der Waals surface area contributed by atoms with Gasteiger partial charge >= 0.3 is 0 Å². The summed E-state index contributed by atoms with van der Waals surface area (Å²) in [5.74, 6) is 0.169. The molecule has 30 heavy (non-hydrogen) atoms. The molecule has 2 unspecified atom stereocenters. The first kappa shape index (κ1) is 21.3. The average Bonchev–Trinajstić information content (AvgIpc) is 3.33. The third kappa shape index (κ3) is 4.24. The van der Waals surface area contributed by atoms with Crippen LogP contribution < -0.4 is 0 Å². The first-order valence-electron chi connectivity index (χ1n) is 9.85. The van der Waals surface area contributed by atoms with E-state index in [2.05, 4.69) is 27.5 Å². The Labute approximate surface area is 184 Å². The summed E-state index contributed by atoms with van der Waals surface area (Å²) >= 11 is 2.97. The Balaban J connectivity index is 1.61. The smallest absolute Gasteiger partial charge is 0.236 e. The zero-order valence-electron chi connectivity index (χ0n) is 16.8. The van der Waals surface area contributed by atoms with E-state index in [1.807, 2.05) is 32.0 Å². The summed E-state index contributed by atoms with van der Waals surface area (Å²) in [5.41, 5.74) is 2.15. The highest BCUT2D eigenvalue weighted by molar-refractivity contribution is 8.00. The Hall–Kier alpha value is -1.97. The molecule has 0 saturated carbocycles. The minimum Gasteiger partial charge on any atom is -0.338 e. The van der Waals surface area contributed by atoms with Gasteiger partial charge in [0.05, 0.1) is 22.1 Å². The summed E-state index contributed by atoms with van der Waals surface area (Å²) in [4.78, 5) is 24.7. The predicted molar refractivity (Wildman–Crippen MR) is 123 cm³/mol. The zero-order chi connectivity index (χ0) is 21.3. The van der Waals surface area contributed by atoms with Gasteiger partial charge in [0.1, 0.15) is 16.2 Å². The van der Waals surface area contributed by atoms with Crippen LogP contribution in [0.5, 0.6) is 0 Å². The van der Waals surface area contributed by atoms with Gasteiger partial charge in [-0.15, -0.1) is 11.3 Å². The van der Waals surface area contributed by atoms with Gasteiger partial charge in [-0.3, -0.25) is 4.79 Å². The molecule has 1 fully saturated rings. The maximum absolute atomic E-state index is 13.2. The number of hydrogen-bond acceptors (Lipinski definition) is 7. The van der Waals surface area contributed by atoms with Gasteiger partial charge in [-0.2, -0.15) is 0 Å². The number of carbonyl (C=O) groups is 1. The molecule has 3 heterocycles. The maximum Gasteiger partial charge on any atom is 0.236 e. The van der Waals surface area contributed by atoms with Crippen LogP contribution in [0.1, 0.15) is 20.3 Å². The molecule has 6 nitrogen and oxygen atoms in total. The topological polar surface area (TPSA) is 80.2 Å². The van der Waals surface area contributed by atoms with E-state index < -0.39 is 9.84 Å². The van der Waals surface area contributed by atoms with E-state index in [1.54, 1.807) is 16.2 Å². The lowest BCUT2D eigenvalue weighted by Gasteiger charge is -2.29. The molecular formula is C21H23N3O3S3. The van der Waals surface area contributed by atoms with Crippen LogP contribution in [-0.4, -0.2) is 58.5 Å². The molecule has 0 aliphatic carbocycles. The Morgan fingerprint density at radius 1 is 1.30 bits per heavy atom. The quantitative estimate of drug-likeness (QED) is 0.409. The van der Waals surface area contributed by atoms with Crippen molar-refractivity contribution in [2.24, 2.45) is 0 Å². The second kappa shape index (κ2) is 8.64. The van der Waals surface area contributed by atoms with E-state index in [0.29, 0.717) is 13.0 Å². The van der Waals surface area contributed by atoms with Crippen molar-refractivity contribution in [3.8, 4) is 11.1 Å². The van der Waals surface area contributed by atoms with Crippen LogP contribution in [-0.2, 0) is 14.6 Å². The fraction of sp³-hybridized carbons (Fsp3) is 0.381. The summed E-state index contributed by atoms with van der Waals surface area (Å²) in [6.07, 6.45) is 2.05. The lowest BCUT2D eigenvalue weighted by atomic mass is 10.1. The fourth-order valence-corrected chi connectivity index (χ4v) is 7.55. The second-order valence-corrected chi connectivity index (χ2v) is 11.7. The van der Waals surface area contributed by atoms with Gasteiger partial charge in [0.2, 0.25) is 5.91 Å². The normalized spacial score (nSPS) is 19.1. The zero-order valence-corrected chi connectivity index (χ0v) is 19.3. The molecule has 1 aromatic carbocycles. The molecule has 3 aromatic rings. The van der Waals surface area contributed by atoms with Crippen LogP contribution in [0, 0.1) is 0 Å². The summed E-state index contributed by atoms with van der Waals surface area (Å²) in [6.45, 7) is 4.26. The molecule has 1 saturated heterocycles. The van der Waals surface area contributed by atoms with Gasteiger partial charge in [-0.1, -0.05) is 42.1 Å². The predicted octanol–water partition coefficient (Wildman–Crippen LogP) is 3.87. The molecule has 2 atom stereocenters. The number of nitrogens with zero attached hydrogens (tertiary/aromatic N) is 3. The molecular weight excluding hydrogens is 438 g/mol. The number of thiophene rings is 1. The molecule has 0 bridgehead atoms. The van der Waals surface area contributed by atoms with E-state index in [0.717, 1.165) is 26.4 Å². The average molecular weight is 462 g/mol. The molecule has 1 aliphatic heterocycles. The maximum atomic E-state index is 13.2. The molecule has 9 heteroatoms. The van der Waals surface area contributed by atoms with E-state index in [-0.39, 0.29) is 28.7 Å². The van der Waals surface area contributed by atoms with Gasteiger partial charge in [0.15, 0.2) is 9.84 Å². The van der Waals surface area contributed by atoms with Gasteiger partial charge in [0.25, 0.3) is 0 Å². The van der Waals surface area contributed by atoms with Crippen LogP contribution in [0.2, 0.25) is 0 Å². The second-order valence-electron chi connectivity index (χ2n) is 7.32. The number of aromatic nitrogens is 2. The minimum atomic E-state index is -3.05. The number of hydrogen-bond donors (Lipinski definition) is 0. The Kier molecular flexibility index (Phi) is 6.13. The standard InChI is InChI=1S/C21H23N3O3S3/c1-3-24(16-9-10-30(26,27)12-16)21(25)14(2)29-20-18-17(15-7-5-4-6-8-15)11-28-19(18)22-13-23-20/h4-8,11,13-14,16H,3,9-10,12H2,1-2H3. The monoisotopic (exact) mass is 461 g/mol. The molecule has 0 spiro atoms. The number of rotatable bonds is 6. The van der Waals surface area contributed by atoms with Crippen molar-refractivity contribution < 1.29 is 13.2 Å². The Bertz CT molecular complexity index is 1160. The summed E-state index contributed by atoms with van der Waals surface area (Å²) in [6, 6.07) is 9.84. The van der Waals surface area contributed by atoms with Crippen LogP contribution in [0.15, 0.2) is 47.1 Å². The van der Waals surface area contributed by atoms with Crippen LogP contribution in [0.4, 0.5) is 0 Å². The lowest BCUT2D eigenvalue weighted by molar-refractivity contribution is -0.131. The van der Waals surface area contributed by atoms with Crippen molar-refractivity contribution in [2.75, 3.05) is 18.1 Å². The number of benzene rings is 1. The van der Waals surface area contributed by atoms with E-state index in [9.17, 15) is 13.2 Å². The van der Waals surface area contributed by atoms with E-state index >= 15 is 0 Å². The van der Waals surface area contributed by atoms with Gasteiger partial charge in [-0.05, 0) is 25.8 Å². The van der Waals surface area contributed by atoms with Crippen molar-refractivity contribution in [3.63, 3.8) is 0 Å². The highest BCUT2D eigenvalue weighted by Crippen LogP contribution is 2.39. The molecule has 0 N–H and O–H groups in total. The minimum absolute atomic E-state index is 0.0483. The largest absolute Gasteiger partial charge is 0.338 e. The van der Waals surface area contributed by atoms with Crippen LogP contribution in [0.25, 0.3) is 21.3 Å². The van der Waals surface area contributed by atoms with Crippen molar-refractivity contribution >= 4 is 49.1 Å². The van der Waals surface area contributed by atoms with Crippen molar-refractivity contribution in [1.29, 1.82) is 0 Å². The third-order valence-corrected chi connectivity index (χ3v) is 9.05. The fourth-order valence-electron chi connectivity index (χ4n) is 3.83. The van der Waals surface area contributed by atoms with Crippen molar-refractivity contribution in [2.45, 2.75) is 36.6 Å². The Morgan fingerprint density at radius 2 is 2.07 bits per heavy atom. The van der Waals surface area contributed by atoms with Crippen molar-refractivity contribution in [3.05, 3.63) is 42.0 Å². The lowest BCUT2D eigenvalue weighted by Crippen LogP contribution is -2.44. The first-order chi connectivity index (χ1) is 14.4. The van der Waals surface area contributed by atoms with Gasteiger partial charge < -0.3 is 4.90 Å². The van der Waals surface area contributed by atoms with Crippen LogP contribution in [0.3, 0.4) is 0 Å².